The normalized spacial score (nSPS) is 11.8. The van der Waals surface area contributed by atoms with Crippen molar-refractivity contribution in [1.82, 2.24) is 9.97 Å². The van der Waals surface area contributed by atoms with E-state index in [-0.39, 0.29) is 17.7 Å². The average Bonchev–Trinajstić information content (AvgIpc) is 2.54. The molecule has 25 heavy (non-hydrogen) atoms. The molecule has 0 saturated carbocycles. The third-order valence-corrected chi connectivity index (χ3v) is 3.47. The fraction of sp³-hybridized carbons (Fsp3) is 0.222. The third-order valence-electron chi connectivity index (χ3n) is 3.47. The molecule has 3 aromatic rings. The van der Waals surface area contributed by atoms with Crippen molar-refractivity contribution < 1.29 is 13.2 Å². The number of hydrogen-bond acceptors (Lipinski definition) is 4. The summed E-state index contributed by atoms with van der Waals surface area (Å²) in [7, 11) is 0. The van der Waals surface area contributed by atoms with Gasteiger partial charge >= 0.3 is 6.18 Å². The number of aromatic nitrogens is 2. The van der Waals surface area contributed by atoms with Crippen LogP contribution in [-0.2, 0) is 6.18 Å². The molecule has 2 N–H and O–H groups in total. The second-order valence-electron chi connectivity index (χ2n) is 5.92. The summed E-state index contributed by atoms with van der Waals surface area (Å²) in [5.74, 6) is 0.872. The van der Waals surface area contributed by atoms with Gasteiger partial charge in [-0.15, -0.1) is 0 Å². The Morgan fingerprint density at radius 3 is 2.44 bits per heavy atom. The highest BCUT2D eigenvalue weighted by Crippen LogP contribution is 2.31. The summed E-state index contributed by atoms with van der Waals surface area (Å²) < 4.78 is 38.6. The van der Waals surface area contributed by atoms with Gasteiger partial charge < -0.3 is 10.6 Å². The van der Waals surface area contributed by atoms with Crippen LogP contribution >= 0.6 is 0 Å². The maximum Gasteiger partial charge on any atom is 0.416 e. The van der Waals surface area contributed by atoms with Gasteiger partial charge in [-0.1, -0.05) is 18.2 Å². The molecule has 0 bridgehead atoms. The Bertz CT molecular complexity index is 891. The molecule has 0 amide bonds. The third kappa shape index (κ3) is 3.99. The maximum atomic E-state index is 12.9. The number of rotatable bonds is 4. The number of anilines is 3. The lowest BCUT2D eigenvalue weighted by molar-refractivity contribution is -0.137. The molecule has 7 heteroatoms. The Balaban J connectivity index is 1.99. The van der Waals surface area contributed by atoms with Crippen LogP contribution in [0.4, 0.5) is 30.6 Å². The van der Waals surface area contributed by atoms with E-state index in [1.807, 2.05) is 38.1 Å². The number of fused-ring (bicyclic) bond motifs is 1. The van der Waals surface area contributed by atoms with Crippen LogP contribution in [0, 0.1) is 0 Å². The summed E-state index contributed by atoms with van der Waals surface area (Å²) in [6.07, 6.45) is -4.40. The van der Waals surface area contributed by atoms with E-state index in [0.29, 0.717) is 11.3 Å². The van der Waals surface area contributed by atoms with E-state index in [1.54, 1.807) is 6.07 Å². The van der Waals surface area contributed by atoms with Crippen LogP contribution in [-0.4, -0.2) is 16.0 Å². The topological polar surface area (TPSA) is 49.8 Å². The zero-order valence-electron chi connectivity index (χ0n) is 13.7. The van der Waals surface area contributed by atoms with Crippen molar-refractivity contribution in [3.63, 3.8) is 0 Å². The molecule has 0 spiro atoms. The molecule has 2 aromatic carbocycles. The summed E-state index contributed by atoms with van der Waals surface area (Å²) in [4.78, 5) is 8.80. The lowest BCUT2D eigenvalue weighted by Gasteiger charge is -2.14. The van der Waals surface area contributed by atoms with Crippen molar-refractivity contribution >= 4 is 28.4 Å². The van der Waals surface area contributed by atoms with Gasteiger partial charge in [-0.3, -0.25) is 0 Å². The molecule has 0 unspecified atom stereocenters. The zero-order valence-corrected chi connectivity index (χ0v) is 13.7. The SMILES string of the molecule is CC(C)Nc1nc(Nc2cccc(C(F)(F)F)c2)nc2ccccc12. The van der Waals surface area contributed by atoms with Gasteiger partial charge in [-0.2, -0.15) is 18.2 Å². The monoisotopic (exact) mass is 346 g/mol. The van der Waals surface area contributed by atoms with Crippen molar-refractivity contribution in [3.05, 3.63) is 54.1 Å². The van der Waals surface area contributed by atoms with Crippen molar-refractivity contribution in [2.24, 2.45) is 0 Å². The number of alkyl halides is 3. The highest BCUT2D eigenvalue weighted by molar-refractivity contribution is 5.90. The summed E-state index contributed by atoms with van der Waals surface area (Å²) in [6.45, 7) is 3.97. The van der Waals surface area contributed by atoms with Crippen LogP contribution in [0.25, 0.3) is 10.9 Å². The molecule has 0 saturated heterocycles. The standard InChI is InChI=1S/C18H17F3N4/c1-11(2)22-16-14-8-3-4-9-15(14)24-17(25-16)23-13-7-5-6-12(10-13)18(19,20)21/h3-11H,1-2H3,(H2,22,23,24,25). The molecular weight excluding hydrogens is 329 g/mol. The molecule has 3 rings (SSSR count). The summed E-state index contributed by atoms with van der Waals surface area (Å²) in [6, 6.07) is 12.6. The number of benzene rings is 2. The highest BCUT2D eigenvalue weighted by atomic mass is 19.4. The van der Waals surface area contributed by atoms with E-state index >= 15 is 0 Å². The lowest BCUT2D eigenvalue weighted by atomic mass is 10.2. The molecule has 0 aliphatic heterocycles. The fourth-order valence-corrected chi connectivity index (χ4v) is 2.42. The quantitative estimate of drug-likeness (QED) is 0.681. The van der Waals surface area contributed by atoms with Crippen LogP contribution in [0.2, 0.25) is 0 Å². The van der Waals surface area contributed by atoms with Gasteiger partial charge in [-0.05, 0) is 44.2 Å². The number of nitrogens with zero attached hydrogens (tertiary/aromatic N) is 2. The summed E-state index contributed by atoms with van der Waals surface area (Å²) in [5.41, 5.74) is 0.259. The predicted molar refractivity (Wildman–Crippen MR) is 93.0 cm³/mol. The van der Waals surface area contributed by atoms with Gasteiger partial charge in [0.05, 0.1) is 11.1 Å². The van der Waals surface area contributed by atoms with E-state index < -0.39 is 11.7 Å². The lowest BCUT2D eigenvalue weighted by Crippen LogP contribution is -2.13. The molecule has 1 aromatic heterocycles. The van der Waals surface area contributed by atoms with Crippen LogP contribution in [0.3, 0.4) is 0 Å². The Morgan fingerprint density at radius 1 is 0.960 bits per heavy atom. The van der Waals surface area contributed by atoms with Crippen LogP contribution in [0.5, 0.6) is 0 Å². The predicted octanol–water partition coefficient (Wildman–Crippen LogP) is 5.21. The van der Waals surface area contributed by atoms with Crippen molar-refractivity contribution in [1.29, 1.82) is 0 Å². The van der Waals surface area contributed by atoms with Crippen LogP contribution < -0.4 is 10.6 Å². The second kappa shape index (κ2) is 6.58. The Morgan fingerprint density at radius 2 is 1.72 bits per heavy atom. The fourth-order valence-electron chi connectivity index (χ4n) is 2.42. The molecule has 0 fully saturated rings. The van der Waals surface area contributed by atoms with Gasteiger partial charge in [0.25, 0.3) is 0 Å². The van der Waals surface area contributed by atoms with Gasteiger partial charge in [0.15, 0.2) is 0 Å². The van der Waals surface area contributed by atoms with Gasteiger partial charge in [0.1, 0.15) is 5.82 Å². The largest absolute Gasteiger partial charge is 0.416 e. The second-order valence-corrected chi connectivity index (χ2v) is 5.92. The van der Waals surface area contributed by atoms with E-state index in [1.165, 1.54) is 6.07 Å². The molecule has 0 aliphatic rings. The van der Waals surface area contributed by atoms with Crippen molar-refractivity contribution in [2.75, 3.05) is 10.6 Å². The summed E-state index contributed by atoms with van der Waals surface area (Å²) >= 11 is 0. The molecule has 4 nitrogen and oxygen atoms in total. The molecule has 0 aliphatic carbocycles. The van der Waals surface area contributed by atoms with Crippen molar-refractivity contribution in [3.8, 4) is 0 Å². The Labute approximate surface area is 143 Å². The first kappa shape index (κ1) is 17.0. The zero-order chi connectivity index (χ0) is 18.0. The van der Waals surface area contributed by atoms with E-state index in [9.17, 15) is 13.2 Å². The first-order valence-electron chi connectivity index (χ1n) is 7.80. The number of hydrogen-bond donors (Lipinski definition) is 2. The van der Waals surface area contributed by atoms with Gasteiger partial charge in [0, 0.05) is 17.1 Å². The van der Waals surface area contributed by atoms with E-state index in [0.717, 1.165) is 17.5 Å². The van der Waals surface area contributed by atoms with Gasteiger partial charge in [0.2, 0.25) is 5.95 Å². The minimum Gasteiger partial charge on any atom is -0.367 e. The molecule has 130 valence electrons. The Hall–Kier alpha value is -2.83. The molecule has 0 atom stereocenters. The molecular formula is C18H17F3N4. The van der Waals surface area contributed by atoms with Crippen LogP contribution in [0.1, 0.15) is 19.4 Å². The highest BCUT2D eigenvalue weighted by Gasteiger charge is 2.30. The van der Waals surface area contributed by atoms with Crippen molar-refractivity contribution in [2.45, 2.75) is 26.1 Å². The smallest absolute Gasteiger partial charge is 0.367 e. The number of halogens is 3. The number of para-hydroxylation sites is 1. The minimum absolute atomic E-state index is 0.153. The summed E-state index contributed by atoms with van der Waals surface area (Å²) in [5, 5.41) is 6.95. The van der Waals surface area contributed by atoms with E-state index in [2.05, 4.69) is 20.6 Å². The first-order chi connectivity index (χ1) is 11.8. The maximum absolute atomic E-state index is 12.9. The van der Waals surface area contributed by atoms with Gasteiger partial charge in [-0.25, -0.2) is 4.98 Å². The molecule has 1 heterocycles. The average molecular weight is 346 g/mol. The minimum atomic E-state index is -4.40. The Kier molecular flexibility index (Phi) is 4.48. The molecule has 0 radical (unpaired) electrons. The number of nitrogens with one attached hydrogen (secondary N) is 2. The van der Waals surface area contributed by atoms with E-state index in [4.69, 9.17) is 0 Å². The first-order valence-corrected chi connectivity index (χ1v) is 7.80. The van der Waals surface area contributed by atoms with Crippen LogP contribution in [0.15, 0.2) is 48.5 Å².